The molecule has 1 amide bonds. The van der Waals surface area contributed by atoms with Crippen LogP contribution in [0.2, 0.25) is 0 Å². The smallest absolute Gasteiger partial charge is 0.341 e. The van der Waals surface area contributed by atoms with Crippen molar-refractivity contribution in [1.29, 1.82) is 0 Å². The number of carbonyl (C=O) groups is 3. The fourth-order valence-corrected chi connectivity index (χ4v) is 2.21. The van der Waals surface area contributed by atoms with Crippen LogP contribution in [-0.4, -0.2) is 37.6 Å². The molecule has 8 heteroatoms. The summed E-state index contributed by atoms with van der Waals surface area (Å²) in [4.78, 5) is 37.2. The van der Waals surface area contributed by atoms with Crippen LogP contribution in [-0.2, 0) is 19.1 Å². The molecule has 0 N–H and O–H groups in total. The first kappa shape index (κ1) is 20.0. The molecule has 2 aromatic carbocycles. The number of nitrogens with zero attached hydrogens (tertiary/aromatic N) is 1. The van der Waals surface area contributed by atoms with Crippen LogP contribution < -0.4 is 4.90 Å². The van der Waals surface area contributed by atoms with Gasteiger partial charge in [-0.15, -0.1) is 0 Å². The number of carbonyl (C=O) groups excluding carboxylic acids is 3. The summed E-state index contributed by atoms with van der Waals surface area (Å²) >= 11 is 0. The topological polar surface area (TPSA) is 72.9 Å². The van der Waals surface area contributed by atoms with Crippen LogP contribution in [0.3, 0.4) is 0 Å². The van der Waals surface area contributed by atoms with Crippen molar-refractivity contribution in [3.8, 4) is 0 Å². The normalized spacial score (nSPS) is 10.2. The molecule has 2 rings (SSSR count). The van der Waals surface area contributed by atoms with E-state index in [2.05, 4.69) is 0 Å². The minimum Gasteiger partial charge on any atom is -0.465 e. The molecule has 0 fully saturated rings. The maximum absolute atomic E-state index is 13.6. The maximum atomic E-state index is 13.6. The number of ether oxygens (including phenoxy) is 2. The third kappa shape index (κ3) is 5.60. The van der Waals surface area contributed by atoms with Gasteiger partial charge < -0.3 is 9.47 Å². The van der Waals surface area contributed by atoms with E-state index in [0.717, 1.165) is 17.0 Å². The van der Waals surface area contributed by atoms with E-state index in [1.165, 1.54) is 0 Å². The van der Waals surface area contributed by atoms with Gasteiger partial charge in [-0.1, -0.05) is 18.2 Å². The van der Waals surface area contributed by atoms with Crippen molar-refractivity contribution in [2.24, 2.45) is 0 Å². The third-order valence-corrected chi connectivity index (χ3v) is 3.44. The summed E-state index contributed by atoms with van der Waals surface area (Å²) < 4.78 is 36.2. The van der Waals surface area contributed by atoms with Crippen molar-refractivity contribution in [3.63, 3.8) is 0 Å². The van der Waals surface area contributed by atoms with E-state index in [-0.39, 0.29) is 13.2 Å². The lowest BCUT2D eigenvalue weighted by atomic mass is 10.2. The van der Waals surface area contributed by atoms with Crippen molar-refractivity contribution in [2.75, 3.05) is 24.7 Å². The first-order valence-corrected chi connectivity index (χ1v) is 8.05. The SMILES string of the molecule is CCOC(=O)CN(C(=O)COC(=O)c1ccc(F)cc1F)c1ccccc1. The molecular formula is C19H17F2NO5. The Kier molecular flexibility index (Phi) is 6.99. The Morgan fingerprint density at radius 3 is 2.33 bits per heavy atom. The number of halogens is 2. The quantitative estimate of drug-likeness (QED) is 0.694. The minimum absolute atomic E-state index is 0.147. The maximum Gasteiger partial charge on any atom is 0.341 e. The third-order valence-electron chi connectivity index (χ3n) is 3.44. The number of rotatable bonds is 7. The number of hydrogen-bond donors (Lipinski definition) is 0. The average molecular weight is 377 g/mol. The molecule has 0 heterocycles. The Hall–Kier alpha value is -3.29. The molecule has 27 heavy (non-hydrogen) atoms. The molecule has 0 aromatic heterocycles. The Labute approximate surface area is 154 Å². The highest BCUT2D eigenvalue weighted by Gasteiger charge is 2.22. The molecule has 142 valence electrons. The molecule has 0 unspecified atom stereocenters. The molecule has 0 aliphatic carbocycles. The van der Waals surface area contributed by atoms with Gasteiger partial charge in [0.1, 0.15) is 18.2 Å². The van der Waals surface area contributed by atoms with Crippen LogP contribution in [0.4, 0.5) is 14.5 Å². The average Bonchev–Trinajstić information content (AvgIpc) is 2.65. The zero-order valence-electron chi connectivity index (χ0n) is 14.5. The molecule has 0 saturated carbocycles. The van der Waals surface area contributed by atoms with Crippen molar-refractivity contribution >= 4 is 23.5 Å². The molecule has 0 spiro atoms. The van der Waals surface area contributed by atoms with E-state index < -0.39 is 41.7 Å². The lowest BCUT2D eigenvalue weighted by molar-refractivity contribution is -0.142. The number of anilines is 1. The second-order valence-electron chi connectivity index (χ2n) is 5.32. The summed E-state index contributed by atoms with van der Waals surface area (Å²) in [5.41, 5.74) is -0.0968. The van der Waals surface area contributed by atoms with E-state index in [1.54, 1.807) is 37.3 Å². The summed E-state index contributed by atoms with van der Waals surface area (Å²) in [7, 11) is 0. The van der Waals surface area contributed by atoms with Gasteiger partial charge >= 0.3 is 11.9 Å². The Morgan fingerprint density at radius 1 is 1.00 bits per heavy atom. The zero-order chi connectivity index (χ0) is 19.8. The molecule has 0 radical (unpaired) electrons. The van der Waals surface area contributed by atoms with Crippen LogP contribution in [0.1, 0.15) is 17.3 Å². The van der Waals surface area contributed by atoms with Gasteiger partial charge in [0.2, 0.25) is 0 Å². The van der Waals surface area contributed by atoms with Gasteiger partial charge in [-0.25, -0.2) is 13.6 Å². The van der Waals surface area contributed by atoms with Gasteiger partial charge in [-0.05, 0) is 31.2 Å². The minimum atomic E-state index is -1.12. The zero-order valence-corrected chi connectivity index (χ0v) is 14.5. The van der Waals surface area contributed by atoms with Crippen LogP contribution >= 0.6 is 0 Å². The molecule has 6 nitrogen and oxygen atoms in total. The van der Waals surface area contributed by atoms with Gasteiger partial charge in [0.15, 0.2) is 6.61 Å². The number of esters is 2. The number of amides is 1. The van der Waals surface area contributed by atoms with Crippen LogP contribution in [0, 0.1) is 11.6 Å². The summed E-state index contributed by atoms with van der Waals surface area (Å²) in [6.07, 6.45) is 0. The fraction of sp³-hybridized carbons (Fsp3) is 0.211. The predicted octanol–water partition coefficient (Wildman–Crippen LogP) is 2.72. The number of benzene rings is 2. The summed E-state index contributed by atoms with van der Waals surface area (Å²) in [6.45, 7) is 0.670. The second kappa shape index (κ2) is 9.42. The summed E-state index contributed by atoms with van der Waals surface area (Å²) in [5, 5.41) is 0. The van der Waals surface area contributed by atoms with Gasteiger partial charge in [-0.2, -0.15) is 0 Å². The highest BCUT2D eigenvalue weighted by molar-refractivity contribution is 6.00. The molecular weight excluding hydrogens is 360 g/mol. The molecule has 0 bridgehead atoms. The molecule has 2 aromatic rings. The van der Waals surface area contributed by atoms with E-state index >= 15 is 0 Å². The van der Waals surface area contributed by atoms with Gasteiger partial charge in [0.25, 0.3) is 5.91 Å². The number of para-hydroxylation sites is 1. The standard InChI is InChI=1S/C19H17F2NO5/c1-2-26-18(24)11-22(14-6-4-3-5-7-14)17(23)12-27-19(25)15-9-8-13(20)10-16(15)21/h3-10H,2,11-12H2,1H3. The second-order valence-corrected chi connectivity index (χ2v) is 5.32. The van der Waals surface area contributed by atoms with Gasteiger partial charge in [-0.3, -0.25) is 14.5 Å². The van der Waals surface area contributed by atoms with Crippen molar-refractivity contribution < 1.29 is 32.6 Å². The lowest BCUT2D eigenvalue weighted by Gasteiger charge is -2.21. The largest absolute Gasteiger partial charge is 0.465 e. The Morgan fingerprint density at radius 2 is 1.70 bits per heavy atom. The van der Waals surface area contributed by atoms with E-state index in [9.17, 15) is 23.2 Å². The molecule has 0 atom stereocenters. The monoisotopic (exact) mass is 377 g/mol. The lowest BCUT2D eigenvalue weighted by Crippen LogP contribution is -2.39. The highest BCUT2D eigenvalue weighted by Crippen LogP contribution is 2.15. The fourth-order valence-electron chi connectivity index (χ4n) is 2.21. The van der Waals surface area contributed by atoms with Crippen molar-refractivity contribution in [2.45, 2.75) is 6.92 Å². The van der Waals surface area contributed by atoms with Gasteiger partial charge in [0.05, 0.1) is 12.2 Å². The van der Waals surface area contributed by atoms with Crippen LogP contribution in [0.5, 0.6) is 0 Å². The number of hydrogen-bond acceptors (Lipinski definition) is 5. The van der Waals surface area contributed by atoms with E-state index in [4.69, 9.17) is 9.47 Å². The van der Waals surface area contributed by atoms with Crippen molar-refractivity contribution in [1.82, 2.24) is 0 Å². The Balaban J connectivity index is 2.08. The summed E-state index contributed by atoms with van der Waals surface area (Å²) in [6, 6.07) is 10.6. The highest BCUT2D eigenvalue weighted by atomic mass is 19.1. The first-order valence-electron chi connectivity index (χ1n) is 8.05. The van der Waals surface area contributed by atoms with Crippen LogP contribution in [0.15, 0.2) is 48.5 Å². The first-order chi connectivity index (χ1) is 12.9. The van der Waals surface area contributed by atoms with E-state index in [0.29, 0.717) is 11.8 Å². The molecule has 0 aliphatic heterocycles. The Bertz CT molecular complexity index is 826. The predicted molar refractivity (Wildman–Crippen MR) is 92.1 cm³/mol. The van der Waals surface area contributed by atoms with Gasteiger partial charge in [0, 0.05) is 11.8 Å². The summed E-state index contributed by atoms with van der Waals surface area (Å²) in [5.74, 6) is -4.40. The van der Waals surface area contributed by atoms with Crippen LogP contribution in [0.25, 0.3) is 0 Å². The molecule has 0 aliphatic rings. The van der Waals surface area contributed by atoms with E-state index in [1.807, 2.05) is 0 Å². The van der Waals surface area contributed by atoms with Crippen molar-refractivity contribution in [3.05, 3.63) is 65.7 Å². The molecule has 0 saturated heterocycles.